The molecular weight excluding hydrogens is 465 g/mol. The largest absolute Gasteiger partial charge is 0.462 e. The van der Waals surface area contributed by atoms with Crippen LogP contribution in [0.4, 0.5) is 14.4 Å². The van der Waals surface area contributed by atoms with Crippen molar-refractivity contribution in [1.29, 1.82) is 0 Å². The Bertz CT molecular complexity index is 1120. The Kier molecular flexibility index (Phi) is 7.21. The summed E-state index contributed by atoms with van der Waals surface area (Å²) in [5.41, 5.74) is -0.103. The van der Waals surface area contributed by atoms with E-state index in [1.807, 2.05) is 0 Å². The first kappa shape index (κ1) is 23.8. The SMILES string of the molecule is CCOC(=O)c1cc([N+](=O)[O-])sc1NC(=O)C1CCN(S(=O)(=O)c2ccc(F)cc2)CC1. The molecule has 0 aliphatic carbocycles. The number of thiophene rings is 1. The Morgan fingerprint density at radius 2 is 1.91 bits per heavy atom. The number of amides is 1. The number of ether oxygens (including phenoxy) is 1. The van der Waals surface area contributed by atoms with Crippen molar-refractivity contribution in [2.45, 2.75) is 24.7 Å². The zero-order valence-electron chi connectivity index (χ0n) is 16.9. The number of nitrogens with one attached hydrogen (secondary N) is 1. The first-order valence-electron chi connectivity index (χ1n) is 9.65. The van der Waals surface area contributed by atoms with Gasteiger partial charge in [0.1, 0.15) is 16.4 Å². The zero-order chi connectivity index (χ0) is 23.5. The maximum atomic E-state index is 13.1. The number of carbonyl (C=O) groups excluding carboxylic acids is 2. The van der Waals surface area contributed by atoms with Crippen molar-refractivity contribution in [3.63, 3.8) is 0 Å². The van der Waals surface area contributed by atoms with E-state index in [0.29, 0.717) is 11.3 Å². The van der Waals surface area contributed by atoms with E-state index in [4.69, 9.17) is 4.74 Å². The summed E-state index contributed by atoms with van der Waals surface area (Å²) in [4.78, 5) is 35.2. The lowest BCUT2D eigenvalue weighted by Crippen LogP contribution is -2.41. The molecule has 32 heavy (non-hydrogen) atoms. The smallest absolute Gasteiger partial charge is 0.341 e. The van der Waals surface area contributed by atoms with Gasteiger partial charge in [0, 0.05) is 25.1 Å². The van der Waals surface area contributed by atoms with Crippen LogP contribution in [-0.2, 0) is 19.6 Å². The van der Waals surface area contributed by atoms with E-state index in [-0.39, 0.29) is 53.0 Å². The van der Waals surface area contributed by atoms with Gasteiger partial charge >= 0.3 is 11.0 Å². The minimum Gasteiger partial charge on any atom is -0.462 e. The summed E-state index contributed by atoms with van der Waals surface area (Å²) in [6, 6.07) is 5.55. The first-order valence-corrected chi connectivity index (χ1v) is 11.9. The van der Waals surface area contributed by atoms with Gasteiger partial charge in [0.15, 0.2) is 0 Å². The Morgan fingerprint density at radius 3 is 2.47 bits per heavy atom. The number of nitro groups is 1. The lowest BCUT2D eigenvalue weighted by molar-refractivity contribution is -0.380. The van der Waals surface area contributed by atoms with Crippen molar-refractivity contribution in [2.24, 2.45) is 5.92 Å². The average Bonchev–Trinajstić information content (AvgIpc) is 3.18. The number of piperidine rings is 1. The highest BCUT2D eigenvalue weighted by Crippen LogP contribution is 2.35. The van der Waals surface area contributed by atoms with Crippen LogP contribution in [0.1, 0.15) is 30.1 Å². The molecule has 172 valence electrons. The molecule has 0 atom stereocenters. The van der Waals surface area contributed by atoms with Crippen molar-refractivity contribution < 1.29 is 32.1 Å². The van der Waals surface area contributed by atoms with Crippen LogP contribution in [0.3, 0.4) is 0 Å². The van der Waals surface area contributed by atoms with Gasteiger partial charge in [0.2, 0.25) is 15.9 Å². The number of sulfonamides is 1. The summed E-state index contributed by atoms with van der Waals surface area (Å²) in [5.74, 6) is -2.35. The highest BCUT2D eigenvalue weighted by Gasteiger charge is 2.33. The van der Waals surface area contributed by atoms with Gasteiger partial charge in [-0.3, -0.25) is 14.9 Å². The summed E-state index contributed by atoms with van der Waals surface area (Å²) in [6.07, 6.45) is 0.433. The van der Waals surface area contributed by atoms with Crippen LogP contribution in [0.2, 0.25) is 0 Å². The molecule has 0 bridgehead atoms. The van der Waals surface area contributed by atoms with Crippen LogP contribution in [0.5, 0.6) is 0 Å². The van der Waals surface area contributed by atoms with E-state index in [2.05, 4.69) is 5.32 Å². The minimum absolute atomic E-state index is 0.0153. The molecule has 0 radical (unpaired) electrons. The lowest BCUT2D eigenvalue weighted by Gasteiger charge is -2.30. The fourth-order valence-electron chi connectivity index (χ4n) is 3.25. The van der Waals surface area contributed by atoms with Crippen LogP contribution in [0, 0.1) is 21.8 Å². The number of benzene rings is 1. The molecule has 1 saturated heterocycles. The van der Waals surface area contributed by atoms with E-state index in [9.17, 15) is 32.5 Å². The molecule has 0 unspecified atom stereocenters. The van der Waals surface area contributed by atoms with Crippen molar-refractivity contribution >= 4 is 43.2 Å². The lowest BCUT2D eigenvalue weighted by atomic mass is 9.97. The molecule has 0 saturated carbocycles. The van der Waals surface area contributed by atoms with Gasteiger partial charge in [-0.2, -0.15) is 4.31 Å². The van der Waals surface area contributed by atoms with Crippen LogP contribution in [0.25, 0.3) is 0 Å². The summed E-state index contributed by atoms with van der Waals surface area (Å²) in [5, 5.41) is 13.3. The highest BCUT2D eigenvalue weighted by molar-refractivity contribution is 7.89. The van der Waals surface area contributed by atoms with E-state index in [1.165, 1.54) is 16.4 Å². The molecule has 0 spiro atoms. The second kappa shape index (κ2) is 9.71. The van der Waals surface area contributed by atoms with Gasteiger partial charge in [-0.1, -0.05) is 0 Å². The van der Waals surface area contributed by atoms with Crippen molar-refractivity contribution in [3.8, 4) is 0 Å². The Balaban J connectivity index is 1.68. The molecule has 1 aromatic carbocycles. The number of nitrogens with zero attached hydrogens (tertiary/aromatic N) is 2. The first-order chi connectivity index (χ1) is 15.1. The molecule has 10 nitrogen and oxygen atoms in total. The Labute approximate surface area is 187 Å². The van der Waals surface area contributed by atoms with Crippen LogP contribution in [0.15, 0.2) is 35.2 Å². The molecule has 1 N–H and O–H groups in total. The van der Waals surface area contributed by atoms with E-state index in [0.717, 1.165) is 18.2 Å². The fraction of sp³-hybridized carbons (Fsp3) is 0.368. The maximum Gasteiger partial charge on any atom is 0.341 e. The predicted octanol–water partition coefficient (Wildman–Crippen LogP) is 3.01. The average molecular weight is 486 g/mol. The van der Waals surface area contributed by atoms with Gasteiger partial charge in [-0.05, 0) is 55.4 Å². The number of rotatable bonds is 7. The summed E-state index contributed by atoms with van der Waals surface area (Å²) in [6.45, 7) is 1.81. The second-order valence-electron chi connectivity index (χ2n) is 6.93. The maximum absolute atomic E-state index is 13.1. The highest BCUT2D eigenvalue weighted by atomic mass is 32.2. The number of hydrogen-bond donors (Lipinski definition) is 1. The van der Waals surface area contributed by atoms with Gasteiger partial charge in [-0.15, -0.1) is 0 Å². The molecule has 1 aliphatic rings. The van der Waals surface area contributed by atoms with Crippen molar-refractivity contribution in [2.75, 3.05) is 25.0 Å². The quantitative estimate of drug-likeness (QED) is 0.362. The molecule has 2 aromatic rings. The van der Waals surface area contributed by atoms with Crippen molar-refractivity contribution in [1.82, 2.24) is 4.31 Å². The third kappa shape index (κ3) is 5.11. The normalized spacial score (nSPS) is 15.3. The van der Waals surface area contributed by atoms with Crippen LogP contribution >= 0.6 is 11.3 Å². The molecule has 3 rings (SSSR count). The molecule has 13 heteroatoms. The predicted molar refractivity (Wildman–Crippen MR) is 113 cm³/mol. The number of esters is 1. The minimum atomic E-state index is -3.82. The number of hydrogen-bond acceptors (Lipinski definition) is 8. The molecular formula is C19H20FN3O7S2. The summed E-state index contributed by atoms with van der Waals surface area (Å²) in [7, 11) is -3.82. The van der Waals surface area contributed by atoms with Gasteiger partial charge in [0.05, 0.1) is 16.4 Å². The Hall–Kier alpha value is -2.90. The van der Waals surface area contributed by atoms with Crippen molar-refractivity contribution in [3.05, 3.63) is 51.8 Å². The third-order valence-corrected chi connectivity index (χ3v) is 7.82. The topological polar surface area (TPSA) is 136 Å². The monoisotopic (exact) mass is 485 g/mol. The van der Waals surface area contributed by atoms with Gasteiger partial charge in [0.25, 0.3) is 0 Å². The van der Waals surface area contributed by atoms with Gasteiger partial charge in [-0.25, -0.2) is 17.6 Å². The number of halogens is 1. The molecule has 1 aromatic heterocycles. The Morgan fingerprint density at radius 1 is 1.28 bits per heavy atom. The van der Waals surface area contributed by atoms with E-state index >= 15 is 0 Å². The molecule has 1 amide bonds. The van der Waals surface area contributed by atoms with E-state index < -0.39 is 38.6 Å². The van der Waals surface area contributed by atoms with Crippen LogP contribution < -0.4 is 5.32 Å². The fourth-order valence-corrected chi connectivity index (χ4v) is 5.58. The zero-order valence-corrected chi connectivity index (χ0v) is 18.6. The standard InChI is InChI=1S/C19H20FN3O7S2/c1-2-30-19(25)15-11-16(23(26)27)31-18(15)21-17(24)12-7-9-22(10-8-12)32(28,29)14-5-3-13(20)4-6-14/h3-6,11-12H,2,7-10H2,1H3,(H,21,24). The molecule has 1 fully saturated rings. The molecule has 1 aliphatic heterocycles. The number of anilines is 1. The molecule has 2 heterocycles. The van der Waals surface area contributed by atoms with Gasteiger partial charge < -0.3 is 10.1 Å². The summed E-state index contributed by atoms with van der Waals surface area (Å²) < 4.78 is 44.6. The van der Waals surface area contributed by atoms with E-state index in [1.54, 1.807) is 6.92 Å². The summed E-state index contributed by atoms with van der Waals surface area (Å²) >= 11 is 0.649. The second-order valence-corrected chi connectivity index (χ2v) is 9.90. The third-order valence-electron chi connectivity index (χ3n) is 4.91. The number of carbonyl (C=O) groups is 2. The van der Waals surface area contributed by atoms with Crippen LogP contribution in [-0.4, -0.2) is 49.2 Å².